The van der Waals surface area contributed by atoms with E-state index in [0.717, 1.165) is 15.8 Å². The van der Waals surface area contributed by atoms with Crippen molar-refractivity contribution < 1.29 is 17.9 Å². The van der Waals surface area contributed by atoms with Crippen molar-refractivity contribution in [1.82, 2.24) is 10.4 Å². The highest BCUT2D eigenvalue weighted by Gasteiger charge is 2.17. The minimum atomic E-state index is -3.51. The maximum atomic E-state index is 12.3. The lowest BCUT2D eigenvalue weighted by Crippen LogP contribution is -2.30. The lowest BCUT2D eigenvalue weighted by molar-refractivity contribution is -0.120. The molecule has 0 radical (unpaired) electrons. The van der Waals surface area contributed by atoms with E-state index >= 15 is 0 Å². The first-order valence-corrected chi connectivity index (χ1v) is 11.1. The van der Waals surface area contributed by atoms with Gasteiger partial charge in [-0.15, -0.1) is 0 Å². The SMILES string of the molecule is COc1ccc(C)c2sc(NNC(=O)CCS(=O)(=O)c3ccc(C)cc3)nc12. The quantitative estimate of drug-likeness (QED) is 0.571. The first-order chi connectivity index (χ1) is 13.3. The molecule has 0 unspecified atom stereocenters. The van der Waals surface area contributed by atoms with Gasteiger partial charge in [0, 0.05) is 6.42 Å². The van der Waals surface area contributed by atoms with Gasteiger partial charge in [0.1, 0.15) is 11.3 Å². The van der Waals surface area contributed by atoms with E-state index in [2.05, 4.69) is 15.8 Å². The highest BCUT2D eigenvalue weighted by molar-refractivity contribution is 7.91. The van der Waals surface area contributed by atoms with Crippen LogP contribution in [0.4, 0.5) is 5.13 Å². The van der Waals surface area contributed by atoms with Crippen LogP contribution in [0.1, 0.15) is 17.5 Å². The molecule has 0 saturated heterocycles. The number of aromatic nitrogens is 1. The molecular formula is C19H21N3O4S2. The van der Waals surface area contributed by atoms with Gasteiger partial charge in [-0.2, -0.15) is 0 Å². The molecule has 0 aliphatic carbocycles. The molecule has 0 saturated carbocycles. The molecule has 3 rings (SSSR count). The Morgan fingerprint density at radius 2 is 1.86 bits per heavy atom. The van der Waals surface area contributed by atoms with E-state index in [1.54, 1.807) is 31.4 Å². The number of amides is 1. The lowest BCUT2D eigenvalue weighted by Gasteiger charge is -2.07. The molecule has 28 heavy (non-hydrogen) atoms. The number of benzene rings is 2. The van der Waals surface area contributed by atoms with Gasteiger partial charge in [-0.05, 0) is 37.6 Å². The van der Waals surface area contributed by atoms with Crippen LogP contribution in [0.25, 0.3) is 10.2 Å². The summed E-state index contributed by atoms with van der Waals surface area (Å²) in [6.45, 7) is 3.85. The second-order valence-corrected chi connectivity index (χ2v) is 9.44. The van der Waals surface area contributed by atoms with E-state index in [-0.39, 0.29) is 17.1 Å². The fourth-order valence-corrected chi connectivity index (χ4v) is 4.75. The number of thiazole rings is 1. The number of anilines is 1. The summed E-state index contributed by atoms with van der Waals surface area (Å²) in [4.78, 5) is 16.7. The molecule has 2 N–H and O–H groups in total. The molecule has 0 aliphatic heterocycles. The van der Waals surface area contributed by atoms with Gasteiger partial charge in [-0.3, -0.25) is 15.6 Å². The number of carbonyl (C=O) groups excluding carboxylic acids is 1. The standard InChI is InChI=1S/C19H21N3O4S2/c1-12-4-7-14(8-5-12)28(24,25)11-10-16(23)21-22-19-20-17-15(26-3)9-6-13(2)18(17)27-19/h4-9H,10-11H2,1-3H3,(H,20,22)(H,21,23). The number of hydrogen-bond donors (Lipinski definition) is 2. The van der Waals surface area contributed by atoms with Gasteiger partial charge in [-0.25, -0.2) is 13.4 Å². The highest BCUT2D eigenvalue weighted by atomic mass is 32.2. The first kappa shape index (κ1) is 20.1. The van der Waals surface area contributed by atoms with Gasteiger partial charge in [0.25, 0.3) is 0 Å². The summed E-state index contributed by atoms with van der Waals surface area (Å²) in [7, 11) is -1.93. The molecule has 2 aromatic carbocycles. The summed E-state index contributed by atoms with van der Waals surface area (Å²) in [5, 5.41) is 0.498. The van der Waals surface area contributed by atoms with Gasteiger partial charge >= 0.3 is 0 Å². The van der Waals surface area contributed by atoms with Crippen LogP contribution >= 0.6 is 11.3 Å². The normalized spacial score (nSPS) is 11.4. The number of fused-ring (bicyclic) bond motifs is 1. The number of methoxy groups -OCH3 is 1. The van der Waals surface area contributed by atoms with Gasteiger partial charge in [-0.1, -0.05) is 35.1 Å². The molecular weight excluding hydrogens is 398 g/mol. The Hall–Kier alpha value is -2.65. The lowest BCUT2D eigenvalue weighted by atomic mass is 10.2. The zero-order chi connectivity index (χ0) is 20.3. The average molecular weight is 420 g/mol. The second kappa shape index (κ2) is 8.15. The Balaban J connectivity index is 1.61. The van der Waals surface area contributed by atoms with Crippen LogP contribution in [0, 0.1) is 13.8 Å². The number of nitrogens with one attached hydrogen (secondary N) is 2. The van der Waals surface area contributed by atoms with Crippen molar-refractivity contribution in [3.8, 4) is 5.75 Å². The molecule has 0 spiro atoms. The summed E-state index contributed by atoms with van der Waals surface area (Å²) >= 11 is 1.38. The topological polar surface area (TPSA) is 97.4 Å². The summed E-state index contributed by atoms with van der Waals surface area (Å²) < 4.78 is 30.9. The molecule has 148 valence electrons. The van der Waals surface area contributed by atoms with Gasteiger partial charge in [0.2, 0.25) is 11.0 Å². The Morgan fingerprint density at radius 3 is 2.54 bits per heavy atom. The van der Waals surface area contributed by atoms with Crippen LogP contribution in [0.2, 0.25) is 0 Å². The predicted octanol–water partition coefficient (Wildman–Crippen LogP) is 3.23. The zero-order valence-corrected chi connectivity index (χ0v) is 17.4. The third-order valence-electron chi connectivity index (χ3n) is 4.21. The summed E-state index contributed by atoms with van der Waals surface area (Å²) in [5.74, 6) is -0.0462. The predicted molar refractivity (Wildman–Crippen MR) is 111 cm³/mol. The van der Waals surface area contributed by atoms with Crippen molar-refractivity contribution in [2.24, 2.45) is 0 Å². The Bertz CT molecular complexity index is 1110. The molecule has 1 aromatic heterocycles. The van der Waals surface area contributed by atoms with E-state index in [9.17, 15) is 13.2 Å². The van der Waals surface area contributed by atoms with Crippen molar-refractivity contribution in [1.29, 1.82) is 0 Å². The minimum Gasteiger partial charge on any atom is -0.494 e. The van der Waals surface area contributed by atoms with Gasteiger partial charge in [0.05, 0.1) is 22.5 Å². The molecule has 0 fully saturated rings. The monoisotopic (exact) mass is 419 g/mol. The molecule has 1 amide bonds. The number of hydrogen-bond acceptors (Lipinski definition) is 7. The summed E-state index contributed by atoms with van der Waals surface area (Å²) in [6, 6.07) is 10.4. The zero-order valence-electron chi connectivity index (χ0n) is 15.8. The van der Waals surface area contributed by atoms with E-state index in [0.29, 0.717) is 16.4 Å². The van der Waals surface area contributed by atoms with Crippen LogP contribution in [0.15, 0.2) is 41.3 Å². The average Bonchev–Trinajstić information content (AvgIpc) is 3.11. The van der Waals surface area contributed by atoms with E-state index < -0.39 is 15.7 Å². The van der Waals surface area contributed by atoms with E-state index in [1.807, 2.05) is 26.0 Å². The van der Waals surface area contributed by atoms with Crippen molar-refractivity contribution in [3.05, 3.63) is 47.5 Å². The largest absolute Gasteiger partial charge is 0.494 e. The van der Waals surface area contributed by atoms with Crippen molar-refractivity contribution in [2.75, 3.05) is 18.3 Å². The van der Waals surface area contributed by atoms with Crippen LogP contribution in [0.3, 0.4) is 0 Å². The minimum absolute atomic E-state index is 0.156. The maximum absolute atomic E-state index is 12.3. The van der Waals surface area contributed by atoms with Crippen molar-refractivity contribution >= 4 is 42.4 Å². The van der Waals surface area contributed by atoms with Crippen molar-refractivity contribution in [2.45, 2.75) is 25.2 Å². The molecule has 0 atom stereocenters. The van der Waals surface area contributed by atoms with Crippen LogP contribution in [-0.4, -0.2) is 32.2 Å². The van der Waals surface area contributed by atoms with Crippen molar-refractivity contribution in [3.63, 3.8) is 0 Å². The molecule has 3 aromatic rings. The van der Waals surface area contributed by atoms with Gasteiger partial charge in [0.15, 0.2) is 9.84 Å². The summed E-state index contributed by atoms with van der Waals surface area (Å²) in [6.07, 6.45) is -0.156. The molecule has 9 heteroatoms. The Kier molecular flexibility index (Phi) is 5.85. The smallest absolute Gasteiger partial charge is 0.239 e. The number of aryl methyl sites for hydroxylation is 2. The number of sulfone groups is 1. The fraction of sp³-hybridized carbons (Fsp3) is 0.263. The highest BCUT2D eigenvalue weighted by Crippen LogP contribution is 2.34. The number of carbonyl (C=O) groups is 1. The molecule has 0 aliphatic rings. The third kappa shape index (κ3) is 4.42. The summed E-state index contributed by atoms with van der Waals surface area (Å²) in [5.41, 5.74) is 8.00. The van der Waals surface area contributed by atoms with Crippen LogP contribution < -0.4 is 15.6 Å². The fourth-order valence-electron chi connectivity index (χ4n) is 2.60. The Labute approximate surface area is 167 Å². The third-order valence-corrected chi connectivity index (χ3v) is 7.05. The number of ether oxygens (including phenoxy) is 1. The molecule has 7 nitrogen and oxygen atoms in total. The van der Waals surface area contributed by atoms with Gasteiger partial charge < -0.3 is 4.74 Å². The van der Waals surface area contributed by atoms with E-state index in [4.69, 9.17) is 4.74 Å². The molecule has 1 heterocycles. The molecule has 0 bridgehead atoms. The van der Waals surface area contributed by atoms with Crippen LogP contribution in [0.5, 0.6) is 5.75 Å². The Morgan fingerprint density at radius 1 is 1.14 bits per heavy atom. The maximum Gasteiger partial charge on any atom is 0.239 e. The number of hydrazine groups is 1. The van der Waals surface area contributed by atoms with E-state index in [1.165, 1.54) is 11.3 Å². The van der Waals surface area contributed by atoms with Crippen LogP contribution in [-0.2, 0) is 14.6 Å². The second-order valence-electron chi connectivity index (χ2n) is 6.34. The number of rotatable bonds is 7. The number of nitrogens with zero attached hydrogens (tertiary/aromatic N) is 1. The first-order valence-electron chi connectivity index (χ1n) is 8.58.